The first-order valence-electron chi connectivity index (χ1n) is 5.63. The topological polar surface area (TPSA) is 58.2 Å². The number of methoxy groups -OCH3 is 1. The molecule has 0 saturated carbocycles. The minimum atomic E-state index is -0.384. The molecule has 92 valence electrons. The fraction of sp³-hybridized carbons (Fsp3) is 0.214. The minimum Gasteiger partial charge on any atom is -0.497 e. The molecule has 18 heavy (non-hydrogen) atoms. The fourth-order valence-corrected chi connectivity index (χ4v) is 1.67. The molecule has 0 amide bonds. The number of nitriles is 1. The number of ether oxygens (including phenoxy) is 1. The van der Waals surface area contributed by atoms with Crippen molar-refractivity contribution in [1.82, 2.24) is 5.32 Å². The van der Waals surface area contributed by atoms with Gasteiger partial charge in [0.1, 0.15) is 17.6 Å². The van der Waals surface area contributed by atoms with Crippen LogP contribution in [-0.4, -0.2) is 7.11 Å². The van der Waals surface area contributed by atoms with Crippen LogP contribution in [0.4, 0.5) is 0 Å². The second-order valence-corrected chi connectivity index (χ2v) is 3.80. The van der Waals surface area contributed by atoms with Gasteiger partial charge >= 0.3 is 0 Å². The Morgan fingerprint density at radius 3 is 2.94 bits per heavy atom. The van der Waals surface area contributed by atoms with E-state index in [2.05, 4.69) is 11.4 Å². The van der Waals surface area contributed by atoms with E-state index < -0.39 is 0 Å². The summed E-state index contributed by atoms with van der Waals surface area (Å²) in [4.78, 5) is 0. The highest BCUT2D eigenvalue weighted by molar-refractivity contribution is 5.33. The van der Waals surface area contributed by atoms with Crippen LogP contribution >= 0.6 is 0 Å². The van der Waals surface area contributed by atoms with Crippen LogP contribution in [0.2, 0.25) is 0 Å². The Bertz CT molecular complexity index is 529. The summed E-state index contributed by atoms with van der Waals surface area (Å²) in [6, 6.07) is 13.0. The van der Waals surface area contributed by atoms with Gasteiger partial charge in [-0.1, -0.05) is 12.1 Å². The number of hydrogen-bond donors (Lipinski definition) is 1. The smallest absolute Gasteiger partial charge is 0.121 e. The third-order valence-electron chi connectivity index (χ3n) is 2.62. The van der Waals surface area contributed by atoms with Gasteiger partial charge in [-0.05, 0) is 29.8 Å². The number of nitrogens with one attached hydrogen (secondary N) is 1. The maximum atomic E-state index is 9.19. The number of hydrogen-bond acceptors (Lipinski definition) is 4. The first-order chi connectivity index (χ1) is 8.83. The van der Waals surface area contributed by atoms with E-state index >= 15 is 0 Å². The summed E-state index contributed by atoms with van der Waals surface area (Å²) in [6.07, 6.45) is 1.62. The zero-order valence-electron chi connectivity index (χ0n) is 10.1. The van der Waals surface area contributed by atoms with Gasteiger partial charge in [0.2, 0.25) is 0 Å². The first kappa shape index (κ1) is 12.2. The lowest BCUT2D eigenvalue weighted by Gasteiger charge is -2.11. The maximum Gasteiger partial charge on any atom is 0.121 e. The summed E-state index contributed by atoms with van der Waals surface area (Å²) in [7, 11) is 1.61. The molecule has 1 N–H and O–H groups in total. The van der Waals surface area contributed by atoms with E-state index in [1.54, 1.807) is 13.4 Å². The molecular formula is C14H14N2O2. The lowest BCUT2D eigenvalue weighted by Crippen LogP contribution is -2.19. The Kier molecular flexibility index (Phi) is 4.00. The van der Waals surface area contributed by atoms with E-state index in [4.69, 9.17) is 9.15 Å². The first-order valence-corrected chi connectivity index (χ1v) is 5.63. The third kappa shape index (κ3) is 2.90. The van der Waals surface area contributed by atoms with E-state index in [1.165, 1.54) is 0 Å². The Hall–Kier alpha value is -2.25. The van der Waals surface area contributed by atoms with Crippen LogP contribution in [-0.2, 0) is 6.54 Å². The summed E-state index contributed by atoms with van der Waals surface area (Å²) < 4.78 is 10.4. The normalized spacial score (nSPS) is 11.8. The van der Waals surface area contributed by atoms with Gasteiger partial charge < -0.3 is 9.15 Å². The van der Waals surface area contributed by atoms with Crippen molar-refractivity contribution in [2.75, 3.05) is 7.11 Å². The second kappa shape index (κ2) is 5.89. The van der Waals surface area contributed by atoms with Crippen LogP contribution in [0, 0.1) is 11.3 Å². The molecule has 0 saturated heterocycles. The standard InChI is InChI=1S/C14H14N2O2/c1-17-12-5-2-4-11(8-12)14(9-15)16-10-13-6-3-7-18-13/h2-8,14,16H,10H2,1H3. The molecule has 0 fully saturated rings. The molecule has 1 heterocycles. The van der Waals surface area contributed by atoms with Crippen LogP contribution in [0.5, 0.6) is 5.75 Å². The van der Waals surface area contributed by atoms with Crippen molar-refractivity contribution >= 4 is 0 Å². The quantitative estimate of drug-likeness (QED) is 0.875. The molecule has 0 aliphatic carbocycles. The van der Waals surface area contributed by atoms with Gasteiger partial charge in [0, 0.05) is 0 Å². The Morgan fingerprint density at radius 1 is 1.39 bits per heavy atom. The van der Waals surface area contributed by atoms with Crippen molar-refractivity contribution in [3.05, 3.63) is 54.0 Å². The molecule has 1 aromatic heterocycles. The van der Waals surface area contributed by atoms with Crippen molar-refractivity contribution in [3.63, 3.8) is 0 Å². The number of benzene rings is 1. The van der Waals surface area contributed by atoms with Gasteiger partial charge in [0.05, 0.1) is 26.0 Å². The highest BCUT2D eigenvalue weighted by Gasteiger charge is 2.11. The Labute approximate surface area is 106 Å². The molecule has 0 aliphatic rings. The van der Waals surface area contributed by atoms with Crippen molar-refractivity contribution in [1.29, 1.82) is 5.26 Å². The molecule has 1 atom stereocenters. The second-order valence-electron chi connectivity index (χ2n) is 3.80. The maximum absolute atomic E-state index is 9.19. The average molecular weight is 242 g/mol. The van der Waals surface area contributed by atoms with E-state index in [-0.39, 0.29) is 6.04 Å². The van der Waals surface area contributed by atoms with Crippen molar-refractivity contribution in [2.45, 2.75) is 12.6 Å². The van der Waals surface area contributed by atoms with Gasteiger partial charge in [-0.2, -0.15) is 5.26 Å². The lowest BCUT2D eigenvalue weighted by atomic mass is 10.1. The predicted octanol–water partition coefficient (Wildman–Crippen LogP) is 2.64. The van der Waals surface area contributed by atoms with Crippen LogP contribution in [0.15, 0.2) is 47.1 Å². The lowest BCUT2D eigenvalue weighted by molar-refractivity contribution is 0.413. The average Bonchev–Trinajstić information content (AvgIpc) is 2.93. The Balaban J connectivity index is 2.06. The molecule has 4 heteroatoms. The molecule has 1 aromatic carbocycles. The highest BCUT2D eigenvalue weighted by atomic mass is 16.5. The molecule has 0 aliphatic heterocycles. The molecule has 2 aromatic rings. The zero-order valence-corrected chi connectivity index (χ0v) is 10.1. The van der Waals surface area contributed by atoms with Crippen LogP contribution in [0.3, 0.4) is 0 Å². The van der Waals surface area contributed by atoms with Gasteiger partial charge in [-0.15, -0.1) is 0 Å². The summed E-state index contributed by atoms with van der Waals surface area (Å²) in [6.45, 7) is 0.516. The zero-order chi connectivity index (χ0) is 12.8. The molecule has 0 bridgehead atoms. The van der Waals surface area contributed by atoms with E-state index in [0.717, 1.165) is 17.1 Å². The van der Waals surface area contributed by atoms with Gasteiger partial charge in [0.15, 0.2) is 0 Å². The van der Waals surface area contributed by atoms with Crippen molar-refractivity contribution in [2.24, 2.45) is 0 Å². The van der Waals surface area contributed by atoms with Crippen LogP contribution < -0.4 is 10.1 Å². The van der Waals surface area contributed by atoms with Crippen molar-refractivity contribution < 1.29 is 9.15 Å². The summed E-state index contributed by atoms with van der Waals surface area (Å²) in [5.74, 6) is 1.55. The van der Waals surface area contributed by atoms with E-state index in [1.807, 2.05) is 36.4 Å². The Morgan fingerprint density at radius 2 is 2.28 bits per heavy atom. The van der Waals surface area contributed by atoms with Crippen molar-refractivity contribution in [3.8, 4) is 11.8 Å². The largest absolute Gasteiger partial charge is 0.497 e. The number of furan rings is 1. The van der Waals surface area contributed by atoms with Gasteiger partial charge in [0.25, 0.3) is 0 Å². The molecular weight excluding hydrogens is 228 g/mol. The third-order valence-corrected chi connectivity index (χ3v) is 2.62. The van der Waals surface area contributed by atoms with Gasteiger partial charge in [-0.25, -0.2) is 0 Å². The summed E-state index contributed by atoms with van der Waals surface area (Å²) in [5.41, 5.74) is 0.878. The van der Waals surface area contributed by atoms with E-state index in [9.17, 15) is 5.26 Å². The molecule has 0 spiro atoms. The monoisotopic (exact) mass is 242 g/mol. The molecule has 1 unspecified atom stereocenters. The predicted molar refractivity (Wildman–Crippen MR) is 66.9 cm³/mol. The van der Waals surface area contributed by atoms with E-state index in [0.29, 0.717) is 6.54 Å². The number of rotatable bonds is 5. The molecule has 4 nitrogen and oxygen atoms in total. The summed E-state index contributed by atoms with van der Waals surface area (Å²) >= 11 is 0. The SMILES string of the molecule is COc1cccc(C(C#N)NCc2ccco2)c1. The van der Waals surface area contributed by atoms with Crippen LogP contribution in [0.1, 0.15) is 17.4 Å². The summed E-state index contributed by atoms with van der Waals surface area (Å²) in [5, 5.41) is 12.3. The fourth-order valence-electron chi connectivity index (χ4n) is 1.67. The molecule has 2 rings (SSSR count). The number of nitrogens with zero attached hydrogens (tertiary/aromatic N) is 1. The molecule has 0 radical (unpaired) electrons. The van der Waals surface area contributed by atoms with Crippen LogP contribution in [0.25, 0.3) is 0 Å². The van der Waals surface area contributed by atoms with Gasteiger partial charge in [-0.3, -0.25) is 5.32 Å². The highest BCUT2D eigenvalue weighted by Crippen LogP contribution is 2.19. The minimum absolute atomic E-state index is 0.384.